The van der Waals surface area contributed by atoms with Gasteiger partial charge in [0.2, 0.25) is 0 Å². The summed E-state index contributed by atoms with van der Waals surface area (Å²) in [5, 5.41) is 10.8. The molecule has 3 heteroatoms. The van der Waals surface area contributed by atoms with Crippen molar-refractivity contribution in [2.24, 2.45) is 0 Å². The van der Waals surface area contributed by atoms with Gasteiger partial charge in [0.1, 0.15) is 11.9 Å². The summed E-state index contributed by atoms with van der Waals surface area (Å²) in [6, 6.07) is 3.90. The van der Waals surface area contributed by atoms with Crippen molar-refractivity contribution in [2.45, 2.75) is 65.2 Å². The number of phenols is 1. The second kappa shape index (κ2) is 15.5. The normalized spacial score (nSPS) is 8.55. The Kier molecular flexibility index (Phi) is 12.5. The first kappa shape index (κ1) is 30.6. The van der Waals surface area contributed by atoms with Crippen LogP contribution in [0, 0.1) is 107 Å². The first-order valence-corrected chi connectivity index (χ1v) is 11.5. The van der Waals surface area contributed by atoms with Gasteiger partial charge in [-0.05, 0) is 81.3 Å². The van der Waals surface area contributed by atoms with Gasteiger partial charge < -0.3 is 9.84 Å². The molecule has 0 saturated carbocycles. The van der Waals surface area contributed by atoms with Crippen molar-refractivity contribution in [1.82, 2.24) is 0 Å². The first-order valence-electron chi connectivity index (χ1n) is 11.5. The largest absolute Gasteiger partial charge is 0.507 e. The van der Waals surface area contributed by atoms with Crippen LogP contribution in [0.5, 0.6) is 5.75 Å². The highest BCUT2D eigenvalue weighted by Gasteiger charge is 2.26. The summed E-state index contributed by atoms with van der Waals surface area (Å²) < 4.78 is 4.92. The van der Waals surface area contributed by atoms with E-state index in [9.17, 15) is 9.90 Å². The monoisotopic (exact) mass is 530 g/mol. The van der Waals surface area contributed by atoms with Crippen molar-refractivity contribution >= 4 is 5.97 Å². The molecule has 0 atom stereocenters. The van der Waals surface area contributed by atoms with Gasteiger partial charge in [0.15, 0.2) is 0 Å². The maximum atomic E-state index is 12.1. The number of esters is 1. The first-order chi connectivity index (χ1) is 18.0. The summed E-state index contributed by atoms with van der Waals surface area (Å²) in [6.45, 7) is 12.3. The fourth-order valence-electron chi connectivity index (χ4n) is 2.83. The molecule has 0 aromatic heterocycles. The lowest BCUT2D eigenvalue weighted by Crippen LogP contribution is -2.18. The number of phenolic OH excluding ortho intramolecular Hbond substituents is 1. The van der Waals surface area contributed by atoms with Gasteiger partial charge >= 0.3 is 5.97 Å². The maximum absolute atomic E-state index is 12.1. The van der Waals surface area contributed by atoms with Gasteiger partial charge in [-0.1, -0.05) is 53.7 Å². The Bertz CT molecular complexity index is 1640. The van der Waals surface area contributed by atoms with Crippen molar-refractivity contribution in [3.8, 4) is 113 Å². The average molecular weight is 531 g/mol. The molecule has 0 spiro atoms. The lowest BCUT2D eigenvalue weighted by atomic mass is 9.78. The molecule has 1 aromatic carbocycles. The fourth-order valence-corrected chi connectivity index (χ4v) is 2.83. The molecule has 1 N–H and O–H groups in total. The van der Waals surface area contributed by atoms with Crippen LogP contribution in [0.3, 0.4) is 0 Å². The lowest BCUT2D eigenvalue weighted by molar-refractivity contribution is -0.136. The number of hydrogen-bond donors (Lipinski definition) is 1. The van der Waals surface area contributed by atoms with E-state index in [1.165, 1.54) is 0 Å². The van der Waals surface area contributed by atoms with Crippen LogP contribution in [0.25, 0.3) is 0 Å². The summed E-state index contributed by atoms with van der Waals surface area (Å²) in [6.07, 6.45) is 7.82. The van der Waals surface area contributed by atoms with Gasteiger partial charge in [0.25, 0.3) is 0 Å². The molecule has 0 aliphatic carbocycles. The van der Waals surface area contributed by atoms with Gasteiger partial charge in [-0.2, -0.15) is 0 Å². The lowest BCUT2D eigenvalue weighted by Gasteiger charge is -2.28. The molecule has 0 unspecified atom stereocenters. The van der Waals surface area contributed by atoms with Gasteiger partial charge in [-0.3, -0.25) is 4.79 Å². The topological polar surface area (TPSA) is 46.5 Å². The summed E-state index contributed by atoms with van der Waals surface area (Å²) in [4.78, 5) is 12.1. The Balaban J connectivity index is -0.0000000501. The van der Waals surface area contributed by atoms with Crippen LogP contribution >= 0.6 is 0 Å². The highest BCUT2D eigenvalue weighted by Crippen LogP contribution is 2.39. The predicted octanol–water partition coefficient (Wildman–Crippen LogP) is 8.51. The van der Waals surface area contributed by atoms with Crippen molar-refractivity contribution in [1.29, 1.82) is 0 Å². The maximum Gasteiger partial charge on any atom is 0.320 e. The summed E-state index contributed by atoms with van der Waals surface area (Å²) >= 11 is 0. The van der Waals surface area contributed by atoms with Crippen molar-refractivity contribution in [3.05, 3.63) is 28.8 Å². The molecule has 38 heavy (non-hydrogen) atoms. The van der Waals surface area contributed by atoms with Crippen molar-refractivity contribution < 1.29 is 40.3 Å². The number of rotatable bonds is 3. The zero-order valence-corrected chi connectivity index (χ0v) is 22.4. The Labute approximate surface area is 254 Å². The van der Waals surface area contributed by atoms with Crippen molar-refractivity contribution in [3.63, 3.8) is 0 Å². The molecular formula is C35H62O3. The fraction of sp³-hybridized carbons (Fsp3) is 0.286. The number of aryl methyl sites for hydroxylation is 1. The summed E-state index contributed by atoms with van der Waals surface area (Å²) in [5.74, 6) is 38.8. The molecule has 0 heterocycles. The van der Waals surface area contributed by atoms with Crippen LogP contribution in [0.15, 0.2) is 12.1 Å². The standard InChI is InChI=1S/C35H26O3.18H2/c1-8-9-10-11-12-13-14-15-16-17-18-19-20-21-22-23-26-38-32(36)25-24-29-27-30(34(2,3)4)33(37)31(28-29)35(5,6)7;;;;;;;;;;;;;;;;;;/h1,27-28,37H,24-25H2,2-7H3;18*1H. The van der Waals surface area contributed by atoms with Gasteiger partial charge in [-0.25, -0.2) is 0 Å². The number of terminal acetylenes is 1. The highest BCUT2D eigenvalue weighted by atomic mass is 16.5. The van der Waals surface area contributed by atoms with E-state index in [1.807, 2.05) is 53.7 Å². The minimum atomic E-state index is -0.466. The quantitative estimate of drug-likeness (QED) is 0.315. The number of benzene rings is 1. The molecule has 0 fully saturated rings. The van der Waals surface area contributed by atoms with Crippen LogP contribution in [-0.4, -0.2) is 11.1 Å². The second-order valence-electron chi connectivity index (χ2n) is 9.64. The van der Waals surface area contributed by atoms with E-state index in [0.717, 1.165) is 16.7 Å². The Morgan fingerprint density at radius 2 is 1.11 bits per heavy atom. The summed E-state index contributed by atoms with van der Waals surface area (Å²) in [5.41, 5.74) is 2.17. The van der Waals surface area contributed by atoms with Crippen LogP contribution in [0.2, 0.25) is 0 Å². The Hall–Kier alpha value is -5.47. The number of ether oxygens (including phenoxy) is 1. The molecule has 0 aliphatic rings. The van der Waals surface area contributed by atoms with Gasteiger partial charge in [0, 0.05) is 73.0 Å². The molecule has 220 valence electrons. The third kappa shape index (κ3) is 12.3. The van der Waals surface area contributed by atoms with E-state index in [2.05, 4.69) is 101 Å². The van der Waals surface area contributed by atoms with Gasteiger partial charge in [0.05, 0.1) is 6.42 Å². The number of aromatic hydroxyl groups is 1. The average Bonchev–Trinajstić information content (AvgIpc) is 2.83. The molecule has 1 rings (SSSR count). The number of carbonyl (C=O) groups excluding carboxylic acids is 1. The number of hydrogen-bond acceptors (Lipinski definition) is 3. The van der Waals surface area contributed by atoms with Gasteiger partial charge in [-0.15, -0.1) is 6.42 Å². The zero-order chi connectivity index (χ0) is 28.4. The van der Waals surface area contributed by atoms with E-state index in [0.29, 0.717) is 12.2 Å². The Morgan fingerprint density at radius 3 is 1.47 bits per heavy atom. The predicted molar refractivity (Wildman–Crippen MR) is 189 cm³/mol. The van der Waals surface area contributed by atoms with E-state index in [1.54, 1.807) is 0 Å². The van der Waals surface area contributed by atoms with Crippen LogP contribution in [0.4, 0.5) is 0 Å². The second-order valence-corrected chi connectivity index (χ2v) is 9.64. The molecule has 0 saturated heterocycles. The molecule has 0 bridgehead atoms. The minimum absolute atomic E-state index is 0. The van der Waals surface area contributed by atoms with E-state index in [-0.39, 0.29) is 42.9 Å². The van der Waals surface area contributed by atoms with Crippen LogP contribution in [0.1, 0.15) is 90.3 Å². The zero-order valence-electron chi connectivity index (χ0n) is 22.4. The third-order valence-electron chi connectivity index (χ3n) is 4.57. The molecule has 3 nitrogen and oxygen atoms in total. The molecule has 0 amide bonds. The number of carbonyl (C=O) groups is 1. The highest BCUT2D eigenvalue weighted by molar-refractivity contribution is 5.71. The molecule has 1 aromatic rings. The summed E-state index contributed by atoms with van der Waals surface area (Å²) in [7, 11) is 0. The molecule has 0 aliphatic heterocycles. The molecule has 0 radical (unpaired) electrons. The van der Waals surface area contributed by atoms with E-state index >= 15 is 0 Å². The van der Waals surface area contributed by atoms with Crippen molar-refractivity contribution in [2.75, 3.05) is 0 Å². The minimum Gasteiger partial charge on any atom is -0.507 e. The van der Waals surface area contributed by atoms with E-state index < -0.39 is 5.97 Å². The van der Waals surface area contributed by atoms with Crippen LogP contribution < -0.4 is 0 Å². The molecular weight excluding hydrogens is 468 g/mol. The smallest absolute Gasteiger partial charge is 0.320 e. The SMILES string of the molecule is C#CC#CC#CC#CC#CC#CC#CC#CC#COC(=O)CCc1cc(C(C)(C)C)c(O)c(C(C)(C)C)c1.[HH].[HH].[HH].[HH].[HH].[HH].[HH].[HH].[HH].[HH].[HH].[HH].[HH].[HH].[HH].[HH].[HH].[HH]. The Morgan fingerprint density at radius 1 is 0.737 bits per heavy atom. The third-order valence-corrected chi connectivity index (χ3v) is 4.57. The van der Waals surface area contributed by atoms with Crippen LogP contribution in [-0.2, 0) is 26.8 Å². The van der Waals surface area contributed by atoms with E-state index in [4.69, 9.17) is 11.2 Å².